The van der Waals surface area contributed by atoms with Crippen LogP contribution in [-0.4, -0.2) is 37.2 Å². The second-order valence-corrected chi connectivity index (χ2v) is 22.0. The quantitative estimate of drug-likeness (QED) is 0.0261. The van der Waals surface area contributed by atoms with E-state index in [4.69, 9.17) is 14.2 Å². The van der Waals surface area contributed by atoms with Gasteiger partial charge in [0.05, 0.1) is 0 Å². The van der Waals surface area contributed by atoms with Gasteiger partial charge in [-0.15, -0.1) is 0 Å². The molecule has 0 aliphatic heterocycles. The first-order valence-corrected chi connectivity index (χ1v) is 32.9. The smallest absolute Gasteiger partial charge is 0.306 e. The molecule has 0 N–H and O–H groups in total. The second-order valence-electron chi connectivity index (χ2n) is 22.0. The normalized spacial score (nSPS) is 12.5. The largest absolute Gasteiger partial charge is 0.462 e. The molecule has 0 amide bonds. The van der Waals surface area contributed by atoms with E-state index in [1.54, 1.807) is 0 Å². The van der Waals surface area contributed by atoms with E-state index < -0.39 is 6.10 Å². The molecule has 1 atom stereocenters. The Morgan fingerprint density at radius 1 is 0.276 bits per heavy atom. The van der Waals surface area contributed by atoms with E-state index in [9.17, 15) is 14.4 Å². The fourth-order valence-electron chi connectivity index (χ4n) is 9.51. The third-order valence-electron chi connectivity index (χ3n) is 14.4. The van der Waals surface area contributed by atoms with Crippen molar-refractivity contribution in [3.05, 3.63) is 72.9 Å². The van der Waals surface area contributed by atoms with E-state index in [0.717, 1.165) is 64.2 Å². The molecule has 0 aromatic rings. The van der Waals surface area contributed by atoms with Gasteiger partial charge in [-0.05, 0) is 96.3 Å². The van der Waals surface area contributed by atoms with E-state index in [1.165, 1.54) is 225 Å². The van der Waals surface area contributed by atoms with Gasteiger partial charge in [-0.25, -0.2) is 0 Å². The van der Waals surface area contributed by atoms with Gasteiger partial charge in [-0.1, -0.05) is 293 Å². The molecule has 440 valence electrons. The van der Waals surface area contributed by atoms with Crippen LogP contribution in [0.3, 0.4) is 0 Å². The average molecular weight is 1060 g/mol. The van der Waals surface area contributed by atoms with Crippen LogP contribution in [0.1, 0.15) is 335 Å². The molecule has 0 aromatic carbocycles. The Morgan fingerprint density at radius 2 is 0.539 bits per heavy atom. The van der Waals surface area contributed by atoms with Gasteiger partial charge in [0.2, 0.25) is 0 Å². The summed E-state index contributed by atoms with van der Waals surface area (Å²) in [6, 6.07) is 0. The van der Waals surface area contributed by atoms with Crippen LogP contribution in [0, 0.1) is 0 Å². The van der Waals surface area contributed by atoms with E-state index in [1.807, 2.05) is 6.08 Å². The van der Waals surface area contributed by atoms with Crippen LogP contribution in [0.15, 0.2) is 72.9 Å². The Labute approximate surface area is 472 Å². The van der Waals surface area contributed by atoms with Crippen molar-refractivity contribution in [3.63, 3.8) is 0 Å². The number of carbonyl (C=O) groups is 3. The first kappa shape index (κ1) is 72.8. The van der Waals surface area contributed by atoms with Gasteiger partial charge < -0.3 is 14.2 Å². The lowest BCUT2D eigenvalue weighted by Gasteiger charge is -2.18. The molecule has 0 radical (unpaired) electrons. The molecular formula is C70H124O6. The zero-order valence-electron chi connectivity index (χ0n) is 50.5. The first-order valence-electron chi connectivity index (χ1n) is 32.9. The molecule has 0 saturated carbocycles. The fraction of sp³-hybridized carbons (Fsp3) is 0.786. The highest BCUT2D eigenvalue weighted by molar-refractivity contribution is 5.71. The summed E-state index contributed by atoms with van der Waals surface area (Å²) in [5.41, 5.74) is 0. The number of rotatable bonds is 60. The molecule has 1 unspecified atom stereocenters. The molecule has 0 aliphatic rings. The summed E-state index contributed by atoms with van der Waals surface area (Å²) < 4.78 is 16.9. The first-order chi connectivity index (χ1) is 37.5. The van der Waals surface area contributed by atoms with Crippen molar-refractivity contribution < 1.29 is 28.6 Å². The van der Waals surface area contributed by atoms with E-state index in [2.05, 4.69) is 87.6 Å². The van der Waals surface area contributed by atoms with Gasteiger partial charge in [0.25, 0.3) is 0 Å². The van der Waals surface area contributed by atoms with Crippen LogP contribution in [0.4, 0.5) is 0 Å². The monoisotopic (exact) mass is 1060 g/mol. The fourth-order valence-corrected chi connectivity index (χ4v) is 9.51. The highest BCUT2D eigenvalue weighted by Crippen LogP contribution is 2.17. The van der Waals surface area contributed by atoms with Crippen LogP contribution in [0.2, 0.25) is 0 Å². The summed E-state index contributed by atoms with van der Waals surface area (Å²) in [4.78, 5) is 38.2. The molecular weight excluding hydrogens is 937 g/mol. The number of hydrogen-bond donors (Lipinski definition) is 0. The molecule has 0 saturated heterocycles. The number of carbonyl (C=O) groups excluding carboxylic acids is 3. The second kappa shape index (κ2) is 64.4. The summed E-state index contributed by atoms with van der Waals surface area (Å²) >= 11 is 0. The molecule has 0 rings (SSSR count). The van der Waals surface area contributed by atoms with Crippen LogP contribution >= 0.6 is 0 Å². The Morgan fingerprint density at radius 3 is 0.882 bits per heavy atom. The van der Waals surface area contributed by atoms with Crippen LogP contribution in [0.25, 0.3) is 0 Å². The summed E-state index contributed by atoms with van der Waals surface area (Å²) in [7, 11) is 0. The third-order valence-corrected chi connectivity index (χ3v) is 14.4. The predicted octanol–water partition coefficient (Wildman–Crippen LogP) is 22.5. The predicted molar refractivity (Wildman–Crippen MR) is 330 cm³/mol. The van der Waals surface area contributed by atoms with E-state index >= 15 is 0 Å². The van der Waals surface area contributed by atoms with Crippen LogP contribution < -0.4 is 0 Å². The number of allylic oxidation sites excluding steroid dienone is 12. The van der Waals surface area contributed by atoms with Gasteiger partial charge in [0.15, 0.2) is 6.10 Å². The zero-order chi connectivity index (χ0) is 55.0. The number of unbranched alkanes of at least 4 members (excludes halogenated alkanes) is 37. The topological polar surface area (TPSA) is 78.9 Å². The van der Waals surface area contributed by atoms with Crippen LogP contribution in [0.5, 0.6) is 0 Å². The minimum Gasteiger partial charge on any atom is -0.462 e. The number of hydrogen-bond acceptors (Lipinski definition) is 6. The summed E-state index contributed by atoms with van der Waals surface area (Å²) in [6.07, 6.45) is 83.7. The maximum absolute atomic E-state index is 12.9. The highest BCUT2D eigenvalue weighted by atomic mass is 16.6. The van der Waals surface area contributed by atoms with Crippen molar-refractivity contribution in [2.24, 2.45) is 0 Å². The maximum atomic E-state index is 12.9. The minimum atomic E-state index is -0.806. The van der Waals surface area contributed by atoms with Crippen molar-refractivity contribution in [2.45, 2.75) is 341 Å². The molecule has 0 aromatic heterocycles. The Kier molecular flexibility index (Phi) is 61.7. The van der Waals surface area contributed by atoms with Gasteiger partial charge in [0, 0.05) is 19.3 Å². The maximum Gasteiger partial charge on any atom is 0.306 e. The lowest BCUT2D eigenvalue weighted by molar-refractivity contribution is -0.166. The molecule has 0 spiro atoms. The SMILES string of the molecule is CC/C=C\C/C=C\C/C=C\C/C=C\CCC(=O)OCC(COC(=O)CCCCCCCCCCCCCCCCC/C=C\CCCCCCCCCC)OC(=O)CCCCCCCCC/C=C\CCCCCCCCC. The van der Waals surface area contributed by atoms with Crippen molar-refractivity contribution in [1.82, 2.24) is 0 Å². The molecule has 0 bridgehead atoms. The van der Waals surface area contributed by atoms with Crippen molar-refractivity contribution in [3.8, 4) is 0 Å². The summed E-state index contributed by atoms with van der Waals surface area (Å²) in [5, 5.41) is 0. The molecule has 0 aliphatic carbocycles. The number of ether oxygens (including phenoxy) is 3. The highest BCUT2D eigenvalue weighted by Gasteiger charge is 2.19. The summed E-state index contributed by atoms with van der Waals surface area (Å²) in [6.45, 7) is 6.49. The third kappa shape index (κ3) is 61.7. The minimum absolute atomic E-state index is 0.0969. The van der Waals surface area contributed by atoms with E-state index in [0.29, 0.717) is 19.3 Å². The Hall–Kier alpha value is -3.15. The molecule has 0 fully saturated rings. The molecule has 76 heavy (non-hydrogen) atoms. The molecule has 6 nitrogen and oxygen atoms in total. The van der Waals surface area contributed by atoms with Gasteiger partial charge in [-0.2, -0.15) is 0 Å². The van der Waals surface area contributed by atoms with Crippen molar-refractivity contribution in [2.75, 3.05) is 13.2 Å². The van der Waals surface area contributed by atoms with Gasteiger partial charge in [0.1, 0.15) is 13.2 Å². The van der Waals surface area contributed by atoms with E-state index in [-0.39, 0.29) is 37.5 Å². The lowest BCUT2D eigenvalue weighted by Crippen LogP contribution is -2.30. The molecule has 6 heteroatoms. The standard InChI is InChI=1S/C70H124O6/c1-4-7-10-13-16-19-22-25-27-29-31-32-33-34-35-36-37-38-39-41-42-45-48-51-54-57-60-63-69(72)75-66-67(65-74-68(71)62-59-56-53-50-47-44-24-21-18-15-12-9-6-3)76-70(73)64-61-58-55-52-49-46-43-40-30-28-26-23-20-17-14-11-8-5-2/h9,12,18,21,28-31,44,47,53,56,67H,4-8,10-11,13-17,19-20,22-27,32-43,45-46,48-52,54-55,57-66H2,1-3H3/b12-9-,21-18-,30-28-,31-29-,47-44-,56-53-. The zero-order valence-corrected chi connectivity index (χ0v) is 50.5. The molecule has 0 heterocycles. The summed E-state index contributed by atoms with van der Waals surface area (Å²) in [5.74, 6) is -0.972. The van der Waals surface area contributed by atoms with Crippen molar-refractivity contribution in [1.29, 1.82) is 0 Å². The number of esters is 3. The van der Waals surface area contributed by atoms with Gasteiger partial charge >= 0.3 is 17.9 Å². The van der Waals surface area contributed by atoms with Gasteiger partial charge in [-0.3, -0.25) is 14.4 Å². The van der Waals surface area contributed by atoms with Crippen LogP contribution in [-0.2, 0) is 28.6 Å². The lowest BCUT2D eigenvalue weighted by atomic mass is 10.0. The Balaban J connectivity index is 4.28. The Bertz CT molecular complexity index is 1400. The average Bonchev–Trinajstić information content (AvgIpc) is 3.42. The van der Waals surface area contributed by atoms with Crippen molar-refractivity contribution >= 4 is 17.9 Å².